The molecule has 1 aromatic carbocycles. The Hall–Kier alpha value is -2.61. The first kappa shape index (κ1) is 22.6. The van der Waals surface area contributed by atoms with E-state index in [1.807, 2.05) is 24.3 Å². The summed E-state index contributed by atoms with van der Waals surface area (Å²) in [6, 6.07) is 6.91. The number of ether oxygens (including phenoxy) is 1. The maximum atomic E-state index is 12.7. The summed E-state index contributed by atoms with van der Waals surface area (Å²) in [7, 11) is 1.61. The molecule has 3 heterocycles. The Morgan fingerprint density at radius 3 is 2.69 bits per heavy atom. The van der Waals surface area contributed by atoms with Gasteiger partial charge in [-0.2, -0.15) is 0 Å². The molecule has 0 saturated carbocycles. The number of nitrogens with one attached hydrogen (secondary N) is 2. The molecular formula is C24H34N4O4. The van der Waals surface area contributed by atoms with Crippen molar-refractivity contribution < 1.29 is 19.1 Å². The van der Waals surface area contributed by atoms with Crippen LogP contribution in [0.1, 0.15) is 44.1 Å². The highest BCUT2D eigenvalue weighted by molar-refractivity contribution is 6.05. The van der Waals surface area contributed by atoms with Crippen LogP contribution in [0.15, 0.2) is 24.3 Å². The van der Waals surface area contributed by atoms with E-state index in [0.29, 0.717) is 24.9 Å². The third-order valence-corrected chi connectivity index (χ3v) is 7.07. The van der Waals surface area contributed by atoms with Crippen molar-refractivity contribution in [2.24, 2.45) is 5.92 Å². The molecule has 3 aliphatic heterocycles. The summed E-state index contributed by atoms with van der Waals surface area (Å²) in [5.41, 5.74) is 1.01. The number of amides is 4. The molecule has 0 aromatic heterocycles. The Balaban J connectivity index is 1.23. The fraction of sp³-hybridized carbons (Fsp3) is 0.625. The lowest BCUT2D eigenvalue weighted by atomic mass is 9.83. The van der Waals surface area contributed by atoms with Crippen LogP contribution < -0.4 is 15.4 Å². The van der Waals surface area contributed by atoms with Gasteiger partial charge in [-0.05, 0) is 68.8 Å². The fourth-order valence-corrected chi connectivity index (χ4v) is 5.28. The van der Waals surface area contributed by atoms with E-state index in [1.165, 1.54) is 43.7 Å². The first-order valence-corrected chi connectivity index (χ1v) is 11.8. The molecule has 1 aromatic rings. The first-order valence-electron chi connectivity index (χ1n) is 11.8. The molecule has 174 valence electrons. The number of nitrogens with zero attached hydrogens (tertiary/aromatic N) is 2. The van der Waals surface area contributed by atoms with Gasteiger partial charge in [-0.1, -0.05) is 18.6 Å². The van der Waals surface area contributed by atoms with Crippen molar-refractivity contribution in [2.75, 3.05) is 33.3 Å². The van der Waals surface area contributed by atoms with E-state index in [1.54, 1.807) is 7.11 Å². The van der Waals surface area contributed by atoms with Crippen LogP contribution in [-0.2, 0) is 16.0 Å². The second-order valence-corrected chi connectivity index (χ2v) is 9.10. The summed E-state index contributed by atoms with van der Waals surface area (Å²) in [5, 5.41) is 5.70. The van der Waals surface area contributed by atoms with Crippen molar-refractivity contribution in [3.8, 4) is 5.75 Å². The monoisotopic (exact) mass is 442 g/mol. The molecule has 0 bridgehead atoms. The number of rotatable bonds is 8. The number of hydrogen-bond donors (Lipinski definition) is 2. The number of fused-ring (bicyclic) bond motifs is 1. The zero-order chi connectivity index (χ0) is 22.5. The van der Waals surface area contributed by atoms with Crippen LogP contribution >= 0.6 is 0 Å². The summed E-state index contributed by atoms with van der Waals surface area (Å²) < 4.78 is 5.15. The topological polar surface area (TPSA) is 91.0 Å². The van der Waals surface area contributed by atoms with Crippen molar-refractivity contribution in [2.45, 2.75) is 57.0 Å². The van der Waals surface area contributed by atoms with Crippen LogP contribution in [0, 0.1) is 5.92 Å². The average Bonchev–Trinajstić information content (AvgIpc) is 3.08. The first-order chi connectivity index (χ1) is 15.5. The van der Waals surface area contributed by atoms with E-state index in [9.17, 15) is 14.4 Å². The Bertz CT molecular complexity index is 826. The Morgan fingerprint density at radius 1 is 1.12 bits per heavy atom. The van der Waals surface area contributed by atoms with Crippen LogP contribution in [-0.4, -0.2) is 73.0 Å². The highest BCUT2D eigenvalue weighted by atomic mass is 16.5. The van der Waals surface area contributed by atoms with Gasteiger partial charge in [0.25, 0.3) is 5.91 Å². The largest absolute Gasteiger partial charge is 0.497 e. The lowest BCUT2D eigenvalue weighted by Crippen LogP contribution is -2.51. The molecule has 3 saturated heterocycles. The van der Waals surface area contributed by atoms with E-state index in [0.717, 1.165) is 17.7 Å². The zero-order valence-corrected chi connectivity index (χ0v) is 18.8. The normalized spacial score (nSPS) is 25.9. The van der Waals surface area contributed by atoms with Gasteiger partial charge in [0, 0.05) is 19.1 Å². The molecule has 0 radical (unpaired) electrons. The minimum absolute atomic E-state index is 0.00922. The van der Waals surface area contributed by atoms with Gasteiger partial charge in [-0.15, -0.1) is 0 Å². The maximum Gasteiger partial charge on any atom is 0.324 e. The highest BCUT2D eigenvalue weighted by Crippen LogP contribution is 2.30. The van der Waals surface area contributed by atoms with Gasteiger partial charge in [0.2, 0.25) is 5.91 Å². The summed E-state index contributed by atoms with van der Waals surface area (Å²) in [6.07, 6.45) is 6.61. The molecule has 3 aliphatic rings. The molecule has 3 fully saturated rings. The average molecular weight is 443 g/mol. The second-order valence-electron chi connectivity index (χ2n) is 9.10. The molecule has 2 N–H and O–H groups in total. The fourth-order valence-electron chi connectivity index (χ4n) is 5.28. The number of benzene rings is 1. The van der Waals surface area contributed by atoms with Gasteiger partial charge in [0.15, 0.2) is 0 Å². The second kappa shape index (κ2) is 10.3. The Labute approximate surface area is 189 Å². The molecule has 0 aliphatic carbocycles. The quantitative estimate of drug-likeness (QED) is 0.601. The van der Waals surface area contributed by atoms with E-state index >= 15 is 0 Å². The van der Waals surface area contributed by atoms with Gasteiger partial charge in [-0.25, -0.2) is 4.79 Å². The predicted molar refractivity (Wildman–Crippen MR) is 120 cm³/mol. The molecule has 4 amide bonds. The van der Waals surface area contributed by atoms with Crippen molar-refractivity contribution >= 4 is 17.8 Å². The van der Waals surface area contributed by atoms with E-state index in [4.69, 9.17) is 4.74 Å². The van der Waals surface area contributed by atoms with Crippen molar-refractivity contribution in [3.63, 3.8) is 0 Å². The van der Waals surface area contributed by atoms with Gasteiger partial charge >= 0.3 is 6.03 Å². The van der Waals surface area contributed by atoms with Gasteiger partial charge in [-0.3, -0.25) is 14.5 Å². The molecule has 32 heavy (non-hydrogen) atoms. The van der Waals surface area contributed by atoms with Crippen LogP contribution in [0.2, 0.25) is 0 Å². The van der Waals surface area contributed by atoms with Crippen molar-refractivity contribution in [1.29, 1.82) is 0 Å². The number of piperidine rings is 2. The minimum Gasteiger partial charge on any atom is -0.497 e. The third-order valence-electron chi connectivity index (χ3n) is 7.07. The van der Waals surface area contributed by atoms with Gasteiger partial charge in [0.05, 0.1) is 13.5 Å². The Morgan fingerprint density at radius 2 is 1.91 bits per heavy atom. The van der Waals surface area contributed by atoms with Gasteiger partial charge < -0.3 is 20.3 Å². The third kappa shape index (κ3) is 5.23. The predicted octanol–water partition coefficient (Wildman–Crippen LogP) is 1.93. The zero-order valence-electron chi connectivity index (χ0n) is 18.8. The molecular weight excluding hydrogens is 408 g/mol. The Kier molecular flexibility index (Phi) is 7.29. The molecule has 8 nitrogen and oxygen atoms in total. The summed E-state index contributed by atoms with van der Waals surface area (Å²) >= 11 is 0. The molecule has 3 unspecified atom stereocenters. The lowest BCUT2D eigenvalue weighted by molar-refractivity contribution is -0.131. The van der Waals surface area contributed by atoms with E-state index in [-0.39, 0.29) is 24.8 Å². The minimum atomic E-state index is -0.782. The van der Waals surface area contributed by atoms with Crippen LogP contribution in [0.4, 0.5) is 4.79 Å². The number of imide groups is 1. The number of urea groups is 1. The maximum absolute atomic E-state index is 12.7. The number of hydrogen-bond acceptors (Lipinski definition) is 5. The summed E-state index contributed by atoms with van der Waals surface area (Å²) in [6.45, 7) is 3.28. The number of methoxy groups -OCH3 is 1. The highest BCUT2D eigenvalue weighted by Gasteiger charge is 2.39. The number of carbonyl (C=O) groups is 3. The smallest absolute Gasteiger partial charge is 0.324 e. The SMILES string of the molecule is COc1ccc(CCN2C(=O)NC(CC(=O)NCC3CCCN4CCCCC34)C2=O)cc1. The van der Waals surface area contributed by atoms with Crippen LogP contribution in [0.3, 0.4) is 0 Å². The molecule has 8 heteroatoms. The number of carbonyl (C=O) groups excluding carboxylic acids is 3. The van der Waals surface area contributed by atoms with Crippen LogP contribution in [0.5, 0.6) is 5.75 Å². The molecule has 4 rings (SSSR count). The van der Waals surface area contributed by atoms with Crippen molar-refractivity contribution in [1.82, 2.24) is 20.4 Å². The summed E-state index contributed by atoms with van der Waals surface area (Å²) in [5.74, 6) is 0.741. The van der Waals surface area contributed by atoms with Crippen LogP contribution in [0.25, 0.3) is 0 Å². The van der Waals surface area contributed by atoms with Gasteiger partial charge in [0.1, 0.15) is 11.8 Å². The standard InChI is InChI=1S/C24H34N4O4/c1-32-19-9-7-17(8-10-19)11-14-28-23(30)20(26-24(28)31)15-22(29)25-16-18-5-4-13-27-12-3-2-6-21(18)27/h7-10,18,20-21H,2-6,11-16H2,1H3,(H,25,29)(H,26,31). The van der Waals surface area contributed by atoms with Crippen molar-refractivity contribution in [3.05, 3.63) is 29.8 Å². The van der Waals surface area contributed by atoms with E-state index < -0.39 is 12.1 Å². The summed E-state index contributed by atoms with van der Waals surface area (Å²) in [4.78, 5) is 41.3. The molecule has 0 spiro atoms. The van der Waals surface area contributed by atoms with E-state index in [2.05, 4.69) is 15.5 Å². The molecule has 3 atom stereocenters. The lowest BCUT2D eigenvalue weighted by Gasteiger charge is -2.44.